The van der Waals surface area contributed by atoms with Crippen LogP contribution in [0, 0.1) is 12.7 Å². The molecule has 4 aromatic rings. The highest BCUT2D eigenvalue weighted by atomic mass is 35.5. The topological polar surface area (TPSA) is 138 Å². The first-order valence-corrected chi connectivity index (χ1v) is 22.5. The van der Waals surface area contributed by atoms with Gasteiger partial charge in [0.25, 0.3) is 5.91 Å². The van der Waals surface area contributed by atoms with Crippen molar-refractivity contribution in [1.82, 2.24) is 14.3 Å². The van der Waals surface area contributed by atoms with Crippen molar-refractivity contribution in [3.63, 3.8) is 0 Å². The number of rotatable bonds is 12. The van der Waals surface area contributed by atoms with E-state index < -0.39 is 22.3 Å². The maximum Gasteiger partial charge on any atom is 0.325 e. The molecular weight excluding hydrogens is 903 g/mol. The minimum atomic E-state index is -1.08. The highest BCUT2D eigenvalue weighted by Gasteiger charge is 2.45. The number of esters is 1. The Bertz CT molecular complexity index is 2210. The molecule has 60 heavy (non-hydrogen) atoms. The van der Waals surface area contributed by atoms with Gasteiger partial charge in [0.05, 0.1) is 36.4 Å². The summed E-state index contributed by atoms with van der Waals surface area (Å²) in [6.07, 6.45) is 4.06. The van der Waals surface area contributed by atoms with E-state index in [2.05, 4.69) is 16.7 Å². The second kappa shape index (κ2) is 23.2. The van der Waals surface area contributed by atoms with Crippen molar-refractivity contribution >= 4 is 98.7 Å². The number of furan rings is 1. The van der Waals surface area contributed by atoms with Crippen LogP contribution in [0.4, 0.5) is 15.8 Å². The molecule has 328 valence electrons. The largest absolute Gasteiger partial charge is 0.468 e. The number of aryl methyl sites for hydroxylation is 2. The fraction of sp³-hybridized carbons (Fsp3) is 0.475. The van der Waals surface area contributed by atoms with E-state index in [1.54, 1.807) is 40.4 Å². The van der Waals surface area contributed by atoms with Crippen molar-refractivity contribution in [3.8, 4) is 0 Å². The van der Waals surface area contributed by atoms with Crippen LogP contribution in [0.15, 0.2) is 67.8 Å². The number of benzene rings is 2. The number of ether oxygens (including phenoxy) is 3. The van der Waals surface area contributed by atoms with Gasteiger partial charge in [0.2, 0.25) is 10.7 Å². The average Bonchev–Trinajstić information content (AvgIpc) is 3.96. The lowest BCUT2D eigenvalue weighted by molar-refractivity contribution is -0.144. The molecule has 6 rings (SSSR count). The highest BCUT2D eigenvalue weighted by Crippen LogP contribution is 2.37. The molecule has 2 amide bonds. The van der Waals surface area contributed by atoms with Crippen molar-refractivity contribution < 1.29 is 37.4 Å². The molecule has 0 radical (unpaired) electrons. The van der Waals surface area contributed by atoms with Gasteiger partial charge < -0.3 is 23.5 Å². The number of halogens is 5. The Kier molecular flexibility index (Phi) is 19.1. The smallest absolute Gasteiger partial charge is 0.325 e. The second-order valence-corrected chi connectivity index (χ2v) is 17.4. The van der Waals surface area contributed by atoms with E-state index in [0.29, 0.717) is 41.7 Å². The number of aromatic nitrogens is 2. The van der Waals surface area contributed by atoms with Crippen LogP contribution < -0.4 is 14.6 Å². The molecule has 0 bridgehead atoms. The number of carbonyl (C=O) groups is 3. The summed E-state index contributed by atoms with van der Waals surface area (Å²) < 4.78 is 38.7. The number of nitrogens with zero attached hydrogens (tertiary/aromatic N) is 5. The molecule has 1 fully saturated rings. The number of amides is 2. The van der Waals surface area contributed by atoms with Crippen molar-refractivity contribution in [2.45, 2.75) is 88.5 Å². The number of fused-ring (bicyclic) bond motifs is 1. The molecule has 1 unspecified atom stereocenters. The van der Waals surface area contributed by atoms with Crippen LogP contribution in [0.5, 0.6) is 0 Å². The summed E-state index contributed by atoms with van der Waals surface area (Å²) in [6.45, 7) is 12.1. The first-order valence-electron chi connectivity index (χ1n) is 18.9. The summed E-state index contributed by atoms with van der Waals surface area (Å²) in [5, 5.41) is 0.199. The van der Waals surface area contributed by atoms with Gasteiger partial charge in [0.15, 0.2) is 4.84 Å². The van der Waals surface area contributed by atoms with Gasteiger partial charge in [-0.15, -0.1) is 23.4 Å². The van der Waals surface area contributed by atoms with E-state index in [9.17, 15) is 23.6 Å². The van der Waals surface area contributed by atoms with Crippen LogP contribution in [0.3, 0.4) is 0 Å². The fourth-order valence-corrected chi connectivity index (χ4v) is 8.64. The van der Waals surface area contributed by atoms with Gasteiger partial charge in [-0.2, -0.15) is 0 Å². The number of hydrogen-bond acceptors (Lipinski definition) is 11. The van der Waals surface area contributed by atoms with Crippen molar-refractivity contribution in [2.24, 2.45) is 4.99 Å². The molecule has 0 saturated carbocycles. The zero-order valence-corrected chi connectivity index (χ0v) is 38.7. The Morgan fingerprint density at radius 1 is 1.12 bits per heavy atom. The second-order valence-electron chi connectivity index (χ2n) is 13.6. The van der Waals surface area contributed by atoms with Gasteiger partial charge >= 0.3 is 10.8 Å². The molecule has 2 aliphatic rings. The summed E-state index contributed by atoms with van der Waals surface area (Å²) in [5.41, 5.74) is 2.47. The molecule has 20 heteroatoms. The van der Waals surface area contributed by atoms with E-state index in [4.69, 9.17) is 60.3 Å². The molecule has 2 aromatic carbocycles. The van der Waals surface area contributed by atoms with Crippen molar-refractivity contribution in [2.75, 3.05) is 43.5 Å². The molecule has 0 aliphatic carbocycles. The number of alkyl halides is 3. The maximum atomic E-state index is 14.3. The third-order valence-corrected chi connectivity index (χ3v) is 12.2. The lowest BCUT2D eigenvalue weighted by atomic mass is 10.0. The van der Waals surface area contributed by atoms with E-state index in [-0.39, 0.29) is 51.9 Å². The number of methoxy groups -OCH3 is 1. The van der Waals surface area contributed by atoms with Gasteiger partial charge in [-0.25, -0.2) is 14.1 Å². The number of anilines is 1. The molecule has 0 N–H and O–H groups in total. The monoisotopic (exact) mass is 949 g/mol. The number of para-hydroxylation sites is 1. The number of carbonyl (C=O) groups excluding carboxylic acids is 3. The van der Waals surface area contributed by atoms with E-state index >= 15 is 0 Å². The normalized spacial score (nSPS) is 15.8. The standard InChI is InChI=1S/C15H15ClFN3O3S2.C14H20ClNO2.C11H13Cl2NO3/c1-23-13(21)8-24-12-7-11(10(17)6-9(12)16)18-14-19-4-2-3-5-20(19)15(22)25-14;1-4-12-8-6-7-11(3)14(12)16(10-18-5-2)13(17)9-15;1-11(2)14(10(15)9(12)13)6-8(17-11)7-4-3-5-16-7/h6-7H,2-5,8H2,1H3;6-8H,4-5,9-10H2,1-3H3;3-5,8-9H,6H2,1-2H3. The minimum absolute atomic E-state index is 0.0371. The summed E-state index contributed by atoms with van der Waals surface area (Å²) in [4.78, 5) is 54.4. The summed E-state index contributed by atoms with van der Waals surface area (Å²) in [7, 11) is 1.30. The number of thioether (sulfide) groups is 1. The Hall–Kier alpha value is -3.35. The predicted octanol–water partition coefficient (Wildman–Crippen LogP) is 8.64. The third kappa shape index (κ3) is 12.8. The molecule has 4 heterocycles. The Morgan fingerprint density at radius 2 is 1.83 bits per heavy atom. The molecule has 13 nitrogen and oxygen atoms in total. The van der Waals surface area contributed by atoms with Crippen LogP contribution in [0.2, 0.25) is 5.02 Å². The first-order chi connectivity index (χ1) is 28.6. The van der Waals surface area contributed by atoms with Gasteiger partial charge in [0, 0.05) is 24.6 Å². The summed E-state index contributed by atoms with van der Waals surface area (Å²) in [5.74, 6) is -0.756. The van der Waals surface area contributed by atoms with Gasteiger partial charge in [0.1, 0.15) is 41.7 Å². The lowest BCUT2D eigenvalue weighted by Crippen LogP contribution is -2.45. The highest BCUT2D eigenvalue weighted by molar-refractivity contribution is 8.00. The number of hydrogen-bond donors (Lipinski definition) is 0. The molecule has 2 aromatic heterocycles. The Labute approximate surface area is 376 Å². The van der Waals surface area contributed by atoms with Crippen LogP contribution in [0.1, 0.15) is 63.5 Å². The first kappa shape index (κ1) is 49.3. The summed E-state index contributed by atoms with van der Waals surface area (Å²) in [6, 6.07) is 12.3. The van der Waals surface area contributed by atoms with Gasteiger partial charge in [-0.1, -0.05) is 59.9 Å². The maximum absolute atomic E-state index is 14.3. The molecule has 2 aliphatic heterocycles. The predicted molar refractivity (Wildman–Crippen MR) is 234 cm³/mol. The summed E-state index contributed by atoms with van der Waals surface area (Å²) >= 11 is 25.1. The van der Waals surface area contributed by atoms with Crippen molar-refractivity contribution in [1.29, 1.82) is 0 Å². The third-order valence-electron chi connectivity index (χ3n) is 9.24. The van der Waals surface area contributed by atoms with E-state index in [1.807, 2.05) is 38.1 Å². The fourth-order valence-electron chi connectivity index (χ4n) is 6.27. The molecular formula is C40H48Cl4FN5O8S2. The van der Waals surface area contributed by atoms with Gasteiger partial charge in [-0.05, 0) is 93.7 Å². The Balaban J connectivity index is 0.000000204. The molecule has 1 atom stereocenters. The minimum Gasteiger partial charge on any atom is -0.468 e. The Morgan fingerprint density at radius 3 is 2.45 bits per heavy atom. The zero-order chi connectivity index (χ0) is 44.1. The average molecular weight is 952 g/mol. The molecule has 0 spiro atoms. The van der Waals surface area contributed by atoms with E-state index in [1.165, 1.54) is 18.1 Å². The van der Waals surface area contributed by atoms with Gasteiger partial charge in [-0.3, -0.25) is 28.8 Å². The quantitative estimate of drug-likeness (QED) is 0.0592. The molecule has 1 saturated heterocycles. The van der Waals surface area contributed by atoms with Crippen LogP contribution in [0.25, 0.3) is 0 Å². The van der Waals surface area contributed by atoms with Crippen LogP contribution >= 0.6 is 69.5 Å². The SMILES string of the molecule is CC1(C)OC(c2ccco2)CN1C(=O)C(Cl)Cl.CCOCN(C(=O)CCl)c1c(C)cccc1CC.COC(=O)CSc1cc(N=c2sc(=O)n3n2CCCC3)c(F)cc1Cl. The van der Waals surface area contributed by atoms with E-state index in [0.717, 1.165) is 65.2 Å². The lowest BCUT2D eigenvalue weighted by Gasteiger charge is -2.29. The zero-order valence-electron chi connectivity index (χ0n) is 34.1. The van der Waals surface area contributed by atoms with Crippen LogP contribution in [-0.4, -0.2) is 81.2 Å². The van der Waals surface area contributed by atoms with Crippen LogP contribution in [-0.2, 0) is 48.1 Å². The van der Waals surface area contributed by atoms with Crippen molar-refractivity contribution in [3.05, 3.63) is 90.9 Å².